The lowest BCUT2D eigenvalue weighted by Crippen LogP contribution is -2.26. The summed E-state index contributed by atoms with van der Waals surface area (Å²) in [5.41, 5.74) is 0.170. The molecule has 5 heteroatoms. The van der Waals surface area contributed by atoms with Gasteiger partial charge in [-0.15, -0.1) is 0 Å². The Morgan fingerprint density at radius 3 is 3.00 bits per heavy atom. The number of hydrogen-bond acceptors (Lipinski definition) is 3. The van der Waals surface area contributed by atoms with E-state index in [4.69, 9.17) is 0 Å². The lowest BCUT2D eigenvalue weighted by atomic mass is 9.91. The van der Waals surface area contributed by atoms with E-state index >= 15 is 0 Å². The molecule has 4 nitrogen and oxygen atoms in total. The molecule has 0 bridgehead atoms. The Kier molecular flexibility index (Phi) is 2.59. The van der Waals surface area contributed by atoms with Gasteiger partial charge in [-0.1, -0.05) is 12.1 Å². The lowest BCUT2D eigenvalue weighted by molar-refractivity contribution is -0.115. The zero-order valence-electron chi connectivity index (χ0n) is 9.79. The molecule has 1 aliphatic heterocycles. The van der Waals surface area contributed by atoms with E-state index < -0.39 is 17.5 Å². The Morgan fingerprint density at radius 2 is 2.21 bits per heavy atom. The molecular formula is C14H9FN2O2. The van der Waals surface area contributed by atoms with Crippen molar-refractivity contribution in [3.63, 3.8) is 0 Å². The fourth-order valence-corrected chi connectivity index (χ4v) is 2.11. The minimum absolute atomic E-state index is 0.170. The molecule has 0 aliphatic carbocycles. The second kappa shape index (κ2) is 4.28. The van der Waals surface area contributed by atoms with E-state index in [-0.39, 0.29) is 11.3 Å². The van der Waals surface area contributed by atoms with Gasteiger partial charge in [0, 0.05) is 24.2 Å². The fraction of sp³-hybridized carbons (Fsp3) is 0.0714. The molecule has 0 fully saturated rings. The minimum Gasteiger partial charge on any atom is -0.309 e. The van der Waals surface area contributed by atoms with Crippen LogP contribution in [0.1, 0.15) is 22.1 Å². The third kappa shape index (κ3) is 1.89. The number of nitrogens with zero attached hydrogens (tertiary/aromatic N) is 2. The maximum atomic E-state index is 13.2. The molecule has 1 aliphatic rings. The first-order valence-electron chi connectivity index (χ1n) is 5.71. The number of Topliss-reactive ketones (excluding diaryl/α,β-unsaturated/α-hetero) is 1. The van der Waals surface area contributed by atoms with Crippen molar-refractivity contribution in [2.75, 3.05) is 0 Å². The van der Waals surface area contributed by atoms with Crippen LogP contribution in [0.25, 0.3) is 6.20 Å². The van der Waals surface area contributed by atoms with Crippen LogP contribution in [0.15, 0.2) is 42.7 Å². The van der Waals surface area contributed by atoms with Crippen LogP contribution in [-0.4, -0.2) is 21.1 Å². The van der Waals surface area contributed by atoms with E-state index in [1.54, 1.807) is 17.0 Å². The van der Waals surface area contributed by atoms with Gasteiger partial charge in [0.25, 0.3) is 0 Å². The second-order valence-electron chi connectivity index (χ2n) is 4.22. The van der Waals surface area contributed by atoms with Crippen LogP contribution < -0.4 is 0 Å². The number of halogens is 1. The number of fused-ring (bicyclic) bond motifs is 1. The minimum atomic E-state index is -0.998. The summed E-state index contributed by atoms with van der Waals surface area (Å²) >= 11 is 0. The number of hydrogen-bond donors (Lipinski definition) is 0. The largest absolute Gasteiger partial charge is 0.309 e. The zero-order valence-corrected chi connectivity index (χ0v) is 9.79. The molecule has 1 aromatic heterocycles. The van der Waals surface area contributed by atoms with Crippen LogP contribution >= 0.6 is 0 Å². The van der Waals surface area contributed by atoms with Crippen molar-refractivity contribution in [3.05, 3.63) is 59.9 Å². The summed E-state index contributed by atoms with van der Waals surface area (Å²) in [6.07, 6.45) is 6.06. The lowest BCUT2D eigenvalue weighted by Gasteiger charge is -2.16. The van der Waals surface area contributed by atoms with Crippen LogP contribution in [0.2, 0.25) is 0 Å². The summed E-state index contributed by atoms with van der Waals surface area (Å²) in [5, 5.41) is 0. The Labute approximate surface area is 108 Å². The number of rotatable bonds is 2. The molecule has 2 heterocycles. The van der Waals surface area contributed by atoms with Crippen LogP contribution in [0.5, 0.6) is 0 Å². The fourth-order valence-electron chi connectivity index (χ4n) is 2.11. The van der Waals surface area contributed by atoms with Gasteiger partial charge in [-0.25, -0.2) is 9.37 Å². The first kappa shape index (κ1) is 11.5. The first-order chi connectivity index (χ1) is 9.16. The van der Waals surface area contributed by atoms with Crippen LogP contribution in [0, 0.1) is 5.82 Å². The van der Waals surface area contributed by atoms with Crippen molar-refractivity contribution < 1.29 is 14.0 Å². The molecule has 1 atom stereocenters. The van der Waals surface area contributed by atoms with Gasteiger partial charge in [-0.3, -0.25) is 9.59 Å². The molecule has 0 N–H and O–H groups in total. The topological polar surface area (TPSA) is 52.0 Å². The third-order valence-corrected chi connectivity index (χ3v) is 3.01. The summed E-state index contributed by atoms with van der Waals surface area (Å²) < 4.78 is 14.8. The molecule has 0 saturated carbocycles. The quantitative estimate of drug-likeness (QED) is 0.610. The highest BCUT2D eigenvalue weighted by Crippen LogP contribution is 2.25. The van der Waals surface area contributed by atoms with Gasteiger partial charge in [-0.2, -0.15) is 0 Å². The monoisotopic (exact) mass is 256 g/mol. The second-order valence-corrected chi connectivity index (χ2v) is 4.22. The zero-order chi connectivity index (χ0) is 13.4. The van der Waals surface area contributed by atoms with Gasteiger partial charge >= 0.3 is 0 Å². The standard InChI is InChI=1S/C14H9FN2O2/c15-10-3-1-2-9(8-10)13(19)12-11(18)4-6-17-7-5-16-14(12)17/h1-8,12H. The van der Waals surface area contributed by atoms with E-state index in [0.717, 1.165) is 6.07 Å². The summed E-state index contributed by atoms with van der Waals surface area (Å²) in [6, 6.07) is 5.31. The number of carbonyl (C=O) groups is 2. The van der Waals surface area contributed by atoms with Crippen molar-refractivity contribution >= 4 is 17.8 Å². The summed E-state index contributed by atoms with van der Waals surface area (Å²) in [6.45, 7) is 0. The molecular weight excluding hydrogens is 247 g/mol. The van der Waals surface area contributed by atoms with Gasteiger partial charge in [0.05, 0.1) is 0 Å². The molecule has 2 aromatic rings. The van der Waals surface area contributed by atoms with Gasteiger partial charge in [0.15, 0.2) is 11.6 Å². The van der Waals surface area contributed by atoms with Crippen molar-refractivity contribution in [1.29, 1.82) is 0 Å². The van der Waals surface area contributed by atoms with Crippen molar-refractivity contribution in [3.8, 4) is 0 Å². The Hall–Kier alpha value is -2.56. The predicted octanol–water partition coefficient (Wildman–Crippen LogP) is 2.04. The van der Waals surface area contributed by atoms with Gasteiger partial charge in [0.1, 0.15) is 17.6 Å². The predicted molar refractivity (Wildman–Crippen MR) is 66.0 cm³/mol. The smallest absolute Gasteiger partial charge is 0.181 e. The van der Waals surface area contributed by atoms with E-state index in [1.807, 2.05) is 0 Å². The highest BCUT2D eigenvalue weighted by Gasteiger charge is 2.33. The molecule has 0 radical (unpaired) electrons. The summed E-state index contributed by atoms with van der Waals surface area (Å²) in [5.74, 6) is -1.93. The highest BCUT2D eigenvalue weighted by molar-refractivity contribution is 6.19. The van der Waals surface area contributed by atoms with Crippen molar-refractivity contribution in [2.24, 2.45) is 0 Å². The van der Waals surface area contributed by atoms with Crippen LogP contribution in [0.4, 0.5) is 4.39 Å². The van der Waals surface area contributed by atoms with Crippen LogP contribution in [0.3, 0.4) is 0 Å². The van der Waals surface area contributed by atoms with Gasteiger partial charge in [-0.05, 0) is 18.2 Å². The Balaban J connectivity index is 2.05. The van der Waals surface area contributed by atoms with Crippen LogP contribution in [-0.2, 0) is 4.79 Å². The number of allylic oxidation sites excluding steroid dienone is 1. The molecule has 1 aromatic carbocycles. The molecule has 0 spiro atoms. The first-order valence-corrected chi connectivity index (χ1v) is 5.71. The van der Waals surface area contributed by atoms with Gasteiger partial charge < -0.3 is 4.57 Å². The number of ketones is 2. The number of aromatic nitrogens is 2. The summed E-state index contributed by atoms with van der Waals surface area (Å²) in [4.78, 5) is 28.3. The summed E-state index contributed by atoms with van der Waals surface area (Å²) in [7, 11) is 0. The van der Waals surface area contributed by atoms with Crippen molar-refractivity contribution in [1.82, 2.24) is 9.55 Å². The highest BCUT2D eigenvalue weighted by atomic mass is 19.1. The van der Waals surface area contributed by atoms with E-state index in [9.17, 15) is 14.0 Å². The molecule has 1 unspecified atom stereocenters. The van der Waals surface area contributed by atoms with E-state index in [0.29, 0.717) is 5.82 Å². The number of imidazole rings is 1. The SMILES string of the molecule is O=C1C=Cn2ccnc2C1C(=O)c1cccc(F)c1. The van der Waals surface area contributed by atoms with Crippen molar-refractivity contribution in [2.45, 2.75) is 5.92 Å². The molecule has 3 rings (SSSR count). The molecule has 19 heavy (non-hydrogen) atoms. The Morgan fingerprint density at radius 1 is 1.37 bits per heavy atom. The molecule has 94 valence electrons. The van der Waals surface area contributed by atoms with Gasteiger partial charge in [0.2, 0.25) is 0 Å². The third-order valence-electron chi connectivity index (χ3n) is 3.01. The number of benzene rings is 1. The average Bonchev–Trinajstić information content (AvgIpc) is 2.86. The van der Waals surface area contributed by atoms with E-state index in [1.165, 1.54) is 30.5 Å². The Bertz CT molecular complexity index is 703. The molecule has 0 amide bonds. The van der Waals surface area contributed by atoms with E-state index in [2.05, 4.69) is 4.98 Å². The maximum Gasteiger partial charge on any atom is 0.181 e. The maximum absolute atomic E-state index is 13.2. The molecule has 0 saturated heterocycles. The average molecular weight is 256 g/mol. The normalized spacial score (nSPS) is 17.3. The number of carbonyl (C=O) groups excluding carboxylic acids is 2.